The van der Waals surface area contributed by atoms with E-state index < -0.39 is 5.91 Å². The molecular weight excluding hydrogens is 254 g/mol. The van der Waals surface area contributed by atoms with Crippen LogP contribution in [-0.2, 0) is 5.41 Å². The molecule has 20 heavy (non-hydrogen) atoms. The van der Waals surface area contributed by atoms with Crippen molar-refractivity contribution in [3.63, 3.8) is 0 Å². The normalized spacial score (nSPS) is 28.9. The smallest absolute Gasteiger partial charge is 0.251 e. The Morgan fingerprint density at radius 3 is 2.60 bits per heavy atom. The Bertz CT molecular complexity index is 670. The van der Waals surface area contributed by atoms with Gasteiger partial charge in [-0.1, -0.05) is 6.07 Å². The van der Waals surface area contributed by atoms with Crippen LogP contribution in [0.15, 0.2) is 22.6 Å². The van der Waals surface area contributed by atoms with Gasteiger partial charge in [-0.2, -0.15) is 0 Å². The monoisotopic (exact) mass is 271 g/mol. The van der Waals surface area contributed by atoms with Crippen molar-refractivity contribution in [2.24, 2.45) is 5.73 Å². The van der Waals surface area contributed by atoms with Gasteiger partial charge in [-0.3, -0.25) is 4.79 Å². The summed E-state index contributed by atoms with van der Waals surface area (Å²) in [4.78, 5) is 18.6. The Hall–Kier alpha value is -1.88. The molecule has 2 aromatic rings. The van der Waals surface area contributed by atoms with Crippen LogP contribution in [0.3, 0.4) is 0 Å². The summed E-state index contributed by atoms with van der Waals surface area (Å²) in [6.07, 6.45) is 3.27. The Morgan fingerprint density at radius 1 is 1.25 bits per heavy atom. The Labute approximate surface area is 116 Å². The molecule has 5 rings (SSSR count). The fraction of sp³-hybridized carbons (Fsp3) is 0.467. The molecular formula is C15H17N3O2. The van der Waals surface area contributed by atoms with E-state index in [1.807, 2.05) is 6.07 Å². The first-order valence-electron chi connectivity index (χ1n) is 7.10. The van der Waals surface area contributed by atoms with Crippen LogP contribution < -0.4 is 5.73 Å². The van der Waals surface area contributed by atoms with Crippen LogP contribution in [-0.4, -0.2) is 35.4 Å². The number of carbonyl (C=O) groups is 1. The lowest BCUT2D eigenvalue weighted by Crippen LogP contribution is -2.50. The quantitative estimate of drug-likeness (QED) is 0.901. The standard InChI is InChI=1S/C15H17N3O2/c16-13(19)10-2-1-3-11-12(10)17-14(20-11)15-4-7-18(8-5-15)9-6-15/h1-3H,4-9H2,(H2,16,19). The molecule has 0 aliphatic carbocycles. The van der Waals surface area contributed by atoms with Crippen molar-refractivity contribution < 1.29 is 9.21 Å². The number of nitrogens with two attached hydrogens (primary N) is 1. The van der Waals surface area contributed by atoms with E-state index in [1.54, 1.807) is 12.1 Å². The first-order chi connectivity index (χ1) is 9.68. The van der Waals surface area contributed by atoms with Crippen LogP contribution >= 0.6 is 0 Å². The van der Waals surface area contributed by atoms with Crippen LogP contribution in [0.4, 0.5) is 0 Å². The summed E-state index contributed by atoms with van der Waals surface area (Å²) in [5, 5.41) is 0. The van der Waals surface area contributed by atoms with Gasteiger partial charge in [-0.05, 0) is 51.0 Å². The number of carbonyl (C=O) groups excluding carboxylic acids is 1. The zero-order valence-electron chi connectivity index (χ0n) is 11.3. The molecule has 0 spiro atoms. The molecule has 5 nitrogen and oxygen atoms in total. The molecule has 2 bridgehead atoms. The maximum atomic E-state index is 11.5. The minimum Gasteiger partial charge on any atom is -0.440 e. The lowest BCUT2D eigenvalue weighted by atomic mass is 9.72. The van der Waals surface area contributed by atoms with Crippen molar-refractivity contribution in [1.29, 1.82) is 0 Å². The molecule has 0 radical (unpaired) electrons. The molecule has 0 atom stereocenters. The average molecular weight is 271 g/mol. The number of fused-ring (bicyclic) bond motifs is 4. The molecule has 3 aliphatic heterocycles. The lowest BCUT2D eigenvalue weighted by Gasteiger charge is -2.46. The summed E-state index contributed by atoms with van der Waals surface area (Å²) in [5.41, 5.74) is 7.19. The zero-order chi connectivity index (χ0) is 13.7. The maximum Gasteiger partial charge on any atom is 0.251 e. The minimum atomic E-state index is -0.452. The molecule has 1 amide bonds. The van der Waals surface area contributed by atoms with E-state index in [0.717, 1.165) is 44.8 Å². The number of nitrogens with zero attached hydrogens (tertiary/aromatic N) is 2. The van der Waals surface area contributed by atoms with Gasteiger partial charge in [-0.25, -0.2) is 4.98 Å². The van der Waals surface area contributed by atoms with E-state index in [0.29, 0.717) is 16.7 Å². The highest BCUT2D eigenvalue weighted by molar-refractivity contribution is 6.03. The summed E-state index contributed by atoms with van der Waals surface area (Å²) in [5.74, 6) is 0.340. The van der Waals surface area contributed by atoms with Gasteiger partial charge in [0.15, 0.2) is 5.58 Å². The molecule has 2 N–H and O–H groups in total. The van der Waals surface area contributed by atoms with Gasteiger partial charge < -0.3 is 15.1 Å². The molecule has 3 saturated heterocycles. The highest BCUT2D eigenvalue weighted by atomic mass is 16.3. The number of rotatable bonds is 2. The van der Waals surface area contributed by atoms with Gasteiger partial charge >= 0.3 is 0 Å². The first kappa shape index (κ1) is 11.9. The van der Waals surface area contributed by atoms with Crippen molar-refractivity contribution >= 4 is 17.0 Å². The summed E-state index contributed by atoms with van der Waals surface area (Å²) in [6, 6.07) is 5.35. The molecule has 104 valence electrons. The molecule has 5 heteroatoms. The Kier molecular flexibility index (Phi) is 2.41. The fourth-order valence-corrected chi connectivity index (χ4v) is 3.52. The van der Waals surface area contributed by atoms with E-state index >= 15 is 0 Å². The number of benzene rings is 1. The van der Waals surface area contributed by atoms with Gasteiger partial charge in [0.1, 0.15) is 5.52 Å². The fourth-order valence-electron chi connectivity index (χ4n) is 3.52. The van der Waals surface area contributed by atoms with Crippen LogP contribution in [0.25, 0.3) is 11.1 Å². The van der Waals surface area contributed by atoms with Gasteiger partial charge in [0.25, 0.3) is 5.91 Å². The van der Waals surface area contributed by atoms with E-state index in [9.17, 15) is 4.79 Å². The number of piperidine rings is 3. The summed E-state index contributed by atoms with van der Waals surface area (Å²) >= 11 is 0. The van der Waals surface area contributed by atoms with Crippen LogP contribution in [0.1, 0.15) is 35.5 Å². The van der Waals surface area contributed by atoms with Crippen LogP contribution in [0.5, 0.6) is 0 Å². The number of oxazole rings is 1. The number of para-hydroxylation sites is 1. The van der Waals surface area contributed by atoms with Gasteiger partial charge in [0.2, 0.25) is 5.89 Å². The average Bonchev–Trinajstić information content (AvgIpc) is 2.93. The third-order valence-corrected chi connectivity index (χ3v) is 4.86. The Balaban J connectivity index is 1.85. The summed E-state index contributed by atoms with van der Waals surface area (Å²) in [7, 11) is 0. The highest BCUT2D eigenvalue weighted by Crippen LogP contribution is 2.43. The molecule has 1 aromatic carbocycles. The largest absolute Gasteiger partial charge is 0.440 e. The van der Waals surface area contributed by atoms with Gasteiger partial charge in [0, 0.05) is 0 Å². The summed E-state index contributed by atoms with van der Waals surface area (Å²) in [6.45, 7) is 3.34. The predicted octanol–water partition coefficient (Wildman–Crippen LogP) is 1.66. The van der Waals surface area contributed by atoms with Crippen molar-refractivity contribution in [2.75, 3.05) is 19.6 Å². The molecule has 3 fully saturated rings. The number of hydrogen-bond donors (Lipinski definition) is 1. The lowest BCUT2D eigenvalue weighted by molar-refractivity contribution is 0.0652. The second kappa shape index (κ2) is 4.06. The second-order valence-corrected chi connectivity index (χ2v) is 5.91. The second-order valence-electron chi connectivity index (χ2n) is 5.91. The SMILES string of the molecule is NC(=O)c1cccc2oc(C34CCN(CC3)CC4)nc12. The highest BCUT2D eigenvalue weighted by Gasteiger charge is 2.44. The van der Waals surface area contributed by atoms with E-state index in [4.69, 9.17) is 10.2 Å². The third kappa shape index (κ3) is 1.59. The summed E-state index contributed by atoms with van der Waals surface area (Å²) < 4.78 is 5.98. The van der Waals surface area contributed by atoms with Gasteiger partial charge in [-0.15, -0.1) is 0 Å². The molecule has 1 aromatic heterocycles. The predicted molar refractivity (Wildman–Crippen MR) is 74.5 cm³/mol. The first-order valence-corrected chi connectivity index (χ1v) is 7.10. The maximum absolute atomic E-state index is 11.5. The van der Waals surface area contributed by atoms with Crippen molar-refractivity contribution in [3.8, 4) is 0 Å². The number of amides is 1. The van der Waals surface area contributed by atoms with Crippen LogP contribution in [0.2, 0.25) is 0 Å². The minimum absolute atomic E-state index is 0.0582. The molecule has 4 heterocycles. The Morgan fingerprint density at radius 2 is 1.95 bits per heavy atom. The topological polar surface area (TPSA) is 72.4 Å². The van der Waals surface area contributed by atoms with E-state index in [1.165, 1.54) is 0 Å². The van der Waals surface area contributed by atoms with Crippen molar-refractivity contribution in [1.82, 2.24) is 9.88 Å². The molecule has 3 aliphatic rings. The number of primary amides is 1. The molecule has 0 saturated carbocycles. The van der Waals surface area contributed by atoms with E-state index in [2.05, 4.69) is 9.88 Å². The van der Waals surface area contributed by atoms with Crippen LogP contribution in [0, 0.1) is 0 Å². The number of aromatic nitrogens is 1. The number of hydrogen-bond acceptors (Lipinski definition) is 4. The van der Waals surface area contributed by atoms with Gasteiger partial charge in [0.05, 0.1) is 11.0 Å². The zero-order valence-corrected chi connectivity index (χ0v) is 11.3. The van der Waals surface area contributed by atoms with E-state index in [-0.39, 0.29) is 5.41 Å². The van der Waals surface area contributed by atoms with Crippen molar-refractivity contribution in [2.45, 2.75) is 24.7 Å². The van der Waals surface area contributed by atoms with Crippen molar-refractivity contribution in [3.05, 3.63) is 29.7 Å². The molecule has 0 unspecified atom stereocenters. The third-order valence-electron chi connectivity index (χ3n) is 4.86.